The largest absolute Gasteiger partial charge is 0.381 e. The lowest BCUT2D eigenvalue weighted by Gasteiger charge is -2.09. The predicted octanol–water partition coefficient (Wildman–Crippen LogP) is 1.91. The van der Waals surface area contributed by atoms with Gasteiger partial charge in [-0.1, -0.05) is 5.16 Å². The second-order valence-corrected chi connectivity index (χ2v) is 6.79. The van der Waals surface area contributed by atoms with Crippen LogP contribution in [0.5, 0.6) is 0 Å². The number of hydrogen-bond donors (Lipinski definition) is 1. The fraction of sp³-hybridized carbons (Fsp3) is 0.235. The Morgan fingerprint density at radius 3 is 2.89 bits per heavy atom. The average Bonchev–Trinajstić information content (AvgIpc) is 3.32. The summed E-state index contributed by atoms with van der Waals surface area (Å²) in [6.07, 6.45) is 3.05. The maximum Gasteiger partial charge on any atom is 0.258 e. The number of rotatable bonds is 2. The molecule has 10 heteroatoms. The molecule has 1 aliphatic rings. The first kappa shape index (κ1) is 15.8. The number of nitrogens with zero attached hydrogens (tertiary/aromatic N) is 7. The van der Waals surface area contributed by atoms with E-state index in [2.05, 4.69) is 25.2 Å². The van der Waals surface area contributed by atoms with Crippen LogP contribution < -0.4 is 0 Å². The van der Waals surface area contributed by atoms with E-state index in [9.17, 15) is 9.50 Å². The number of benzene rings is 1. The number of imidazole rings is 1. The van der Waals surface area contributed by atoms with Gasteiger partial charge in [0.15, 0.2) is 5.82 Å². The number of halogens is 1. The van der Waals surface area contributed by atoms with Gasteiger partial charge in [-0.2, -0.15) is 10.1 Å². The second-order valence-electron chi connectivity index (χ2n) is 6.79. The van der Waals surface area contributed by atoms with Crippen molar-refractivity contribution in [2.45, 2.75) is 26.0 Å². The second kappa shape index (κ2) is 5.30. The Labute approximate surface area is 152 Å². The zero-order chi connectivity index (χ0) is 18.8. The fourth-order valence-corrected chi connectivity index (χ4v) is 3.12. The SMILES string of the molecule is CC(C)(O)c1nc(-c2ncn3c2Cn2ncnc2-c2cc(F)ccc2-3)no1. The lowest BCUT2D eigenvalue weighted by molar-refractivity contribution is 0.0420. The molecule has 9 nitrogen and oxygen atoms in total. The lowest BCUT2D eigenvalue weighted by atomic mass is 10.1. The van der Waals surface area contributed by atoms with Crippen molar-refractivity contribution in [2.75, 3.05) is 0 Å². The third-order valence-corrected chi connectivity index (χ3v) is 4.40. The van der Waals surface area contributed by atoms with Gasteiger partial charge in [0.1, 0.15) is 29.8 Å². The quantitative estimate of drug-likeness (QED) is 0.508. The number of aliphatic hydroxyl groups is 1. The first-order valence-corrected chi connectivity index (χ1v) is 8.23. The van der Waals surface area contributed by atoms with E-state index in [1.165, 1.54) is 18.5 Å². The van der Waals surface area contributed by atoms with E-state index in [-0.39, 0.29) is 17.5 Å². The molecule has 1 N–H and O–H groups in total. The Morgan fingerprint density at radius 1 is 1.26 bits per heavy atom. The van der Waals surface area contributed by atoms with Crippen molar-refractivity contribution in [3.63, 3.8) is 0 Å². The minimum Gasteiger partial charge on any atom is -0.381 e. The molecule has 3 aromatic heterocycles. The highest BCUT2D eigenvalue weighted by Gasteiger charge is 2.29. The highest BCUT2D eigenvalue weighted by molar-refractivity contribution is 5.70. The van der Waals surface area contributed by atoms with Gasteiger partial charge in [0.05, 0.1) is 17.9 Å². The molecular formula is C17H14FN7O2. The lowest BCUT2D eigenvalue weighted by Crippen LogP contribution is -2.15. The van der Waals surface area contributed by atoms with Crippen LogP contribution in [0.4, 0.5) is 4.39 Å². The van der Waals surface area contributed by atoms with Crippen LogP contribution >= 0.6 is 0 Å². The van der Waals surface area contributed by atoms with Crippen LogP contribution in [0.1, 0.15) is 25.4 Å². The van der Waals surface area contributed by atoms with Crippen LogP contribution in [-0.4, -0.2) is 39.6 Å². The van der Waals surface area contributed by atoms with E-state index in [4.69, 9.17) is 4.52 Å². The zero-order valence-corrected chi connectivity index (χ0v) is 14.5. The summed E-state index contributed by atoms with van der Waals surface area (Å²) < 4.78 is 22.5. The van der Waals surface area contributed by atoms with Crippen molar-refractivity contribution in [1.82, 2.24) is 34.5 Å². The molecule has 0 saturated carbocycles. The highest BCUT2D eigenvalue weighted by Crippen LogP contribution is 2.34. The molecule has 0 fully saturated rings. The fourth-order valence-electron chi connectivity index (χ4n) is 3.12. The van der Waals surface area contributed by atoms with Gasteiger partial charge < -0.3 is 9.63 Å². The Bertz CT molecular complexity index is 1170. The third-order valence-electron chi connectivity index (χ3n) is 4.40. The molecule has 0 saturated heterocycles. The summed E-state index contributed by atoms with van der Waals surface area (Å²) >= 11 is 0. The minimum atomic E-state index is -1.26. The third kappa shape index (κ3) is 2.37. The summed E-state index contributed by atoms with van der Waals surface area (Å²) in [7, 11) is 0. The minimum absolute atomic E-state index is 0.0942. The summed E-state index contributed by atoms with van der Waals surface area (Å²) in [5.41, 5.74) is 1.32. The van der Waals surface area contributed by atoms with Gasteiger partial charge in [-0.25, -0.2) is 19.0 Å². The Kier molecular flexibility index (Phi) is 3.11. The van der Waals surface area contributed by atoms with Crippen molar-refractivity contribution in [3.8, 4) is 28.6 Å². The summed E-state index contributed by atoms with van der Waals surface area (Å²) in [6, 6.07) is 4.48. The summed E-state index contributed by atoms with van der Waals surface area (Å²) in [4.78, 5) is 13.0. The van der Waals surface area contributed by atoms with E-state index < -0.39 is 5.60 Å². The zero-order valence-electron chi connectivity index (χ0n) is 14.5. The van der Waals surface area contributed by atoms with Gasteiger partial charge in [-0.3, -0.25) is 4.57 Å². The smallest absolute Gasteiger partial charge is 0.258 e. The van der Waals surface area contributed by atoms with E-state index in [0.717, 1.165) is 11.4 Å². The maximum absolute atomic E-state index is 13.8. The Morgan fingerprint density at radius 2 is 2.11 bits per heavy atom. The molecule has 136 valence electrons. The monoisotopic (exact) mass is 367 g/mol. The van der Waals surface area contributed by atoms with Crippen molar-refractivity contribution in [3.05, 3.63) is 48.3 Å². The van der Waals surface area contributed by atoms with E-state index >= 15 is 0 Å². The van der Waals surface area contributed by atoms with Crippen LogP contribution in [0.3, 0.4) is 0 Å². The standard InChI is InChI=1S/C17H14FN7O2/c1-17(2,26)16-22-14(23-27-16)13-12-6-25-15(19-7-21-25)10-5-9(18)3-4-11(10)24(12)8-20-13/h3-5,7-8,26H,6H2,1-2H3. The molecule has 0 atom stereocenters. The predicted molar refractivity (Wildman–Crippen MR) is 90.2 cm³/mol. The molecule has 1 aromatic carbocycles. The van der Waals surface area contributed by atoms with Crippen molar-refractivity contribution in [1.29, 1.82) is 0 Å². The molecule has 0 aliphatic carbocycles. The molecule has 0 bridgehead atoms. The topological polar surface area (TPSA) is 108 Å². The molecule has 4 aromatic rings. The van der Waals surface area contributed by atoms with Crippen LogP contribution in [0, 0.1) is 5.82 Å². The average molecular weight is 367 g/mol. The van der Waals surface area contributed by atoms with Gasteiger partial charge in [0.25, 0.3) is 5.89 Å². The maximum atomic E-state index is 13.8. The Hall–Kier alpha value is -3.40. The summed E-state index contributed by atoms with van der Waals surface area (Å²) in [5.74, 6) is 0.550. The molecule has 0 radical (unpaired) electrons. The molecule has 27 heavy (non-hydrogen) atoms. The van der Waals surface area contributed by atoms with Crippen LogP contribution in [0.2, 0.25) is 0 Å². The number of aromatic nitrogens is 7. The molecule has 1 aliphatic heterocycles. The van der Waals surface area contributed by atoms with E-state index in [1.807, 2.05) is 4.57 Å². The van der Waals surface area contributed by atoms with Crippen molar-refractivity contribution >= 4 is 0 Å². The summed E-state index contributed by atoms with van der Waals surface area (Å²) in [6.45, 7) is 3.46. The molecule has 5 rings (SSSR count). The number of fused-ring (bicyclic) bond motifs is 5. The first-order chi connectivity index (χ1) is 12.9. The number of hydrogen-bond acceptors (Lipinski definition) is 7. The van der Waals surface area contributed by atoms with Gasteiger partial charge in [0, 0.05) is 5.56 Å². The molecular weight excluding hydrogens is 353 g/mol. The normalized spacial score (nSPS) is 13.0. The molecule has 0 spiro atoms. The van der Waals surface area contributed by atoms with Crippen molar-refractivity contribution in [2.24, 2.45) is 0 Å². The van der Waals surface area contributed by atoms with E-state index in [1.54, 1.807) is 30.9 Å². The first-order valence-electron chi connectivity index (χ1n) is 8.23. The van der Waals surface area contributed by atoms with Gasteiger partial charge in [0.2, 0.25) is 5.82 Å². The molecule has 0 amide bonds. The molecule has 4 heterocycles. The van der Waals surface area contributed by atoms with Gasteiger partial charge >= 0.3 is 0 Å². The van der Waals surface area contributed by atoms with Crippen molar-refractivity contribution < 1.29 is 14.0 Å². The molecule has 0 unspecified atom stereocenters. The van der Waals surface area contributed by atoms with Gasteiger partial charge in [-0.05, 0) is 32.0 Å². The van der Waals surface area contributed by atoms with Gasteiger partial charge in [-0.15, -0.1) is 0 Å². The summed E-state index contributed by atoms with van der Waals surface area (Å²) in [5, 5.41) is 18.3. The van der Waals surface area contributed by atoms with Crippen LogP contribution in [0.25, 0.3) is 28.6 Å². The van der Waals surface area contributed by atoms with Crippen LogP contribution in [-0.2, 0) is 12.1 Å². The highest BCUT2D eigenvalue weighted by atomic mass is 19.1. The van der Waals surface area contributed by atoms with Crippen LogP contribution in [0.15, 0.2) is 35.4 Å². The van der Waals surface area contributed by atoms with E-state index in [0.29, 0.717) is 23.6 Å². The Balaban J connectivity index is 1.72.